The third-order valence-corrected chi connectivity index (χ3v) is 6.56. The van der Waals surface area contributed by atoms with Gasteiger partial charge in [-0.15, -0.1) is 0 Å². The molecule has 0 aliphatic carbocycles. The van der Waals surface area contributed by atoms with E-state index in [4.69, 9.17) is 9.72 Å². The van der Waals surface area contributed by atoms with Gasteiger partial charge >= 0.3 is 0 Å². The molecule has 1 aliphatic rings. The Labute approximate surface area is 198 Å². The van der Waals surface area contributed by atoms with Gasteiger partial charge in [0.25, 0.3) is 0 Å². The fourth-order valence-corrected chi connectivity index (χ4v) is 4.62. The number of hydrogen-bond acceptors (Lipinski definition) is 5. The van der Waals surface area contributed by atoms with Gasteiger partial charge in [-0.25, -0.2) is 4.98 Å². The largest absolute Gasteiger partial charge is 0.489 e. The van der Waals surface area contributed by atoms with Gasteiger partial charge in [-0.3, -0.25) is 5.10 Å². The third kappa shape index (κ3) is 4.10. The molecule has 1 fully saturated rings. The van der Waals surface area contributed by atoms with E-state index in [1.54, 1.807) is 0 Å². The fraction of sp³-hybridized carbons (Fsp3) is 0.259. The first-order chi connectivity index (χ1) is 16.7. The van der Waals surface area contributed by atoms with E-state index in [0.29, 0.717) is 6.61 Å². The molecular weight excluding hydrogens is 424 g/mol. The Bertz CT molecular complexity index is 1420. The molecule has 7 heteroatoms. The van der Waals surface area contributed by atoms with Crippen molar-refractivity contribution in [3.8, 4) is 17.3 Å². The maximum absolute atomic E-state index is 6.04. The van der Waals surface area contributed by atoms with Crippen molar-refractivity contribution in [1.82, 2.24) is 25.1 Å². The van der Waals surface area contributed by atoms with Crippen molar-refractivity contribution in [1.29, 1.82) is 0 Å². The average molecular weight is 453 g/mol. The summed E-state index contributed by atoms with van der Waals surface area (Å²) in [4.78, 5) is 13.2. The molecule has 5 aromatic rings. The maximum atomic E-state index is 6.04. The highest BCUT2D eigenvalue weighted by Crippen LogP contribution is 2.30. The van der Waals surface area contributed by atoms with Crippen LogP contribution < -0.4 is 9.64 Å². The van der Waals surface area contributed by atoms with Crippen molar-refractivity contribution >= 4 is 27.6 Å². The number of ether oxygens (including phenoxy) is 1. The lowest BCUT2D eigenvalue weighted by molar-refractivity contribution is 0.306. The zero-order valence-corrected chi connectivity index (χ0v) is 19.3. The second-order valence-corrected chi connectivity index (χ2v) is 8.98. The van der Waals surface area contributed by atoms with Gasteiger partial charge in [-0.05, 0) is 62.0 Å². The molecule has 3 heterocycles. The highest BCUT2D eigenvalue weighted by molar-refractivity contribution is 5.94. The molecule has 34 heavy (non-hydrogen) atoms. The van der Waals surface area contributed by atoms with E-state index in [2.05, 4.69) is 62.4 Å². The molecule has 0 unspecified atom stereocenters. The average Bonchev–Trinajstić information content (AvgIpc) is 3.41. The van der Waals surface area contributed by atoms with Crippen LogP contribution >= 0.6 is 0 Å². The minimum Gasteiger partial charge on any atom is -0.489 e. The molecule has 1 aliphatic heterocycles. The van der Waals surface area contributed by atoms with Crippen LogP contribution in [0.1, 0.15) is 12.0 Å². The van der Waals surface area contributed by atoms with E-state index < -0.39 is 0 Å². The minimum absolute atomic E-state index is 0.527. The topological polar surface area (TPSA) is 73.1 Å². The fourth-order valence-electron chi connectivity index (χ4n) is 4.62. The van der Waals surface area contributed by atoms with Gasteiger partial charge in [-0.1, -0.05) is 30.3 Å². The zero-order valence-electron chi connectivity index (χ0n) is 19.3. The van der Waals surface area contributed by atoms with Gasteiger partial charge in [0.15, 0.2) is 5.82 Å². The van der Waals surface area contributed by atoms with Crippen molar-refractivity contribution in [2.24, 2.45) is 0 Å². The summed E-state index contributed by atoms with van der Waals surface area (Å²) in [5, 5.41) is 8.68. The summed E-state index contributed by atoms with van der Waals surface area (Å²) in [7, 11) is 2.19. The Hall–Kier alpha value is -3.84. The van der Waals surface area contributed by atoms with Crippen molar-refractivity contribution < 1.29 is 4.74 Å². The lowest BCUT2D eigenvalue weighted by Crippen LogP contribution is -2.28. The Morgan fingerprint density at radius 1 is 0.912 bits per heavy atom. The summed E-state index contributed by atoms with van der Waals surface area (Å²) >= 11 is 0. The van der Waals surface area contributed by atoms with Crippen LogP contribution in [-0.2, 0) is 6.61 Å². The Morgan fingerprint density at radius 2 is 1.82 bits per heavy atom. The first kappa shape index (κ1) is 20.7. The van der Waals surface area contributed by atoms with E-state index in [-0.39, 0.29) is 0 Å². The minimum atomic E-state index is 0.527. The summed E-state index contributed by atoms with van der Waals surface area (Å²) in [5.41, 5.74) is 6.10. The number of nitrogens with zero attached hydrogens (tertiary/aromatic N) is 4. The molecule has 172 valence electrons. The number of fused-ring (bicyclic) bond motifs is 2. The molecule has 0 amide bonds. The van der Waals surface area contributed by atoms with Crippen LogP contribution in [0.2, 0.25) is 0 Å². The van der Waals surface area contributed by atoms with Crippen LogP contribution in [0.4, 0.5) is 5.69 Å². The highest BCUT2D eigenvalue weighted by Gasteiger charge is 2.16. The van der Waals surface area contributed by atoms with E-state index >= 15 is 0 Å². The third-order valence-electron chi connectivity index (χ3n) is 6.56. The van der Waals surface area contributed by atoms with Crippen LogP contribution in [0.15, 0.2) is 66.7 Å². The maximum Gasteiger partial charge on any atom is 0.159 e. The number of H-pyrrole nitrogens is 2. The monoisotopic (exact) mass is 452 g/mol. The molecule has 0 atom stereocenters. The van der Waals surface area contributed by atoms with Gasteiger partial charge < -0.3 is 19.5 Å². The predicted octanol–water partition coefficient (Wildman–Crippen LogP) is 4.83. The molecule has 6 rings (SSSR count). The van der Waals surface area contributed by atoms with E-state index in [0.717, 1.165) is 70.9 Å². The Morgan fingerprint density at radius 3 is 2.74 bits per heavy atom. The molecular formula is C27H28N6O. The van der Waals surface area contributed by atoms with Crippen LogP contribution in [0.3, 0.4) is 0 Å². The van der Waals surface area contributed by atoms with Crippen LogP contribution in [0.5, 0.6) is 5.75 Å². The highest BCUT2D eigenvalue weighted by atomic mass is 16.5. The second-order valence-electron chi connectivity index (χ2n) is 8.98. The summed E-state index contributed by atoms with van der Waals surface area (Å²) < 4.78 is 6.04. The number of aromatic nitrogens is 4. The van der Waals surface area contributed by atoms with Crippen LogP contribution in [0.25, 0.3) is 33.5 Å². The predicted molar refractivity (Wildman–Crippen MR) is 136 cm³/mol. The zero-order chi connectivity index (χ0) is 22.9. The summed E-state index contributed by atoms with van der Waals surface area (Å²) in [6, 6.07) is 22.7. The summed E-state index contributed by atoms with van der Waals surface area (Å²) in [6.45, 7) is 4.88. The van der Waals surface area contributed by atoms with Gasteiger partial charge in [-0.2, -0.15) is 5.10 Å². The SMILES string of the molecule is CN1CCCN(c2ccc3nc(-c4n[nH]c5ccc(OCc6ccccc6)cc45)[nH]c3c2)CC1. The van der Waals surface area contributed by atoms with E-state index in [9.17, 15) is 0 Å². The number of hydrogen-bond donors (Lipinski definition) is 2. The molecule has 0 bridgehead atoms. The lowest BCUT2D eigenvalue weighted by atomic mass is 10.2. The molecule has 2 aromatic heterocycles. The number of aromatic amines is 2. The smallest absolute Gasteiger partial charge is 0.159 e. The lowest BCUT2D eigenvalue weighted by Gasteiger charge is -2.22. The molecule has 0 spiro atoms. The first-order valence-electron chi connectivity index (χ1n) is 11.8. The number of benzene rings is 3. The Kier molecular flexibility index (Phi) is 5.39. The van der Waals surface area contributed by atoms with Crippen LogP contribution in [0, 0.1) is 0 Å². The summed E-state index contributed by atoms with van der Waals surface area (Å²) in [5.74, 6) is 1.57. The van der Waals surface area contributed by atoms with E-state index in [1.165, 1.54) is 12.1 Å². The van der Waals surface area contributed by atoms with Crippen LogP contribution in [-0.4, -0.2) is 58.3 Å². The van der Waals surface area contributed by atoms with Crippen molar-refractivity contribution in [3.63, 3.8) is 0 Å². The summed E-state index contributed by atoms with van der Waals surface area (Å²) in [6.07, 6.45) is 1.18. The second kappa shape index (κ2) is 8.83. The molecule has 2 N–H and O–H groups in total. The normalized spacial score (nSPS) is 15.1. The number of likely N-dealkylation sites (N-methyl/N-ethyl adjacent to an activating group) is 1. The van der Waals surface area contributed by atoms with Gasteiger partial charge in [0.2, 0.25) is 0 Å². The number of rotatable bonds is 5. The molecule has 1 saturated heterocycles. The molecule has 0 saturated carbocycles. The van der Waals surface area contributed by atoms with Gasteiger partial charge in [0, 0.05) is 30.7 Å². The molecule has 0 radical (unpaired) electrons. The first-order valence-corrected chi connectivity index (χ1v) is 11.8. The van der Waals surface area contributed by atoms with Crippen molar-refractivity contribution in [2.75, 3.05) is 38.1 Å². The number of anilines is 1. The Balaban J connectivity index is 1.28. The van der Waals surface area contributed by atoms with Gasteiger partial charge in [0.1, 0.15) is 18.1 Å². The number of nitrogens with one attached hydrogen (secondary N) is 2. The van der Waals surface area contributed by atoms with Crippen molar-refractivity contribution in [3.05, 3.63) is 72.3 Å². The van der Waals surface area contributed by atoms with E-state index in [1.807, 2.05) is 36.4 Å². The molecule has 3 aromatic carbocycles. The number of imidazole rings is 1. The standard InChI is InChI=1S/C27H28N6O/c1-32-12-5-13-33(15-14-32)20-8-10-24-25(16-20)29-27(28-24)26-22-17-21(9-11-23(22)30-31-26)34-18-19-6-3-2-4-7-19/h2-4,6-11,16-17H,5,12-15,18H2,1H3,(H,28,29)(H,30,31). The molecule has 7 nitrogen and oxygen atoms in total. The van der Waals surface area contributed by atoms with Crippen molar-refractivity contribution in [2.45, 2.75) is 13.0 Å². The quantitative estimate of drug-likeness (QED) is 0.400. The van der Waals surface area contributed by atoms with Gasteiger partial charge in [0.05, 0.1) is 16.6 Å².